The average molecular weight is 587 g/mol. The van der Waals surface area contributed by atoms with E-state index in [9.17, 15) is 9.18 Å². The summed E-state index contributed by atoms with van der Waals surface area (Å²) in [5, 5.41) is 3.50. The number of piperazine rings is 1. The molecule has 0 saturated carbocycles. The van der Waals surface area contributed by atoms with E-state index >= 15 is 0 Å². The number of ether oxygens (including phenoxy) is 1. The third-order valence-electron chi connectivity index (χ3n) is 7.56. The molecule has 40 heavy (non-hydrogen) atoms. The van der Waals surface area contributed by atoms with Crippen LogP contribution in [0.5, 0.6) is 5.75 Å². The van der Waals surface area contributed by atoms with Gasteiger partial charge in [-0.05, 0) is 61.8 Å². The molecule has 1 amide bonds. The number of nitrogens with zero attached hydrogens (tertiary/aromatic N) is 4. The third-order valence-corrected chi connectivity index (χ3v) is 8.15. The van der Waals surface area contributed by atoms with Gasteiger partial charge < -0.3 is 15.0 Å². The minimum atomic E-state index is -0.357. The number of halogens is 3. The molecule has 1 N–H and O–H groups in total. The second kappa shape index (κ2) is 13.6. The second-order valence-corrected chi connectivity index (χ2v) is 11.0. The number of nitrogens with one attached hydrogen (secondary N) is 1. The van der Waals surface area contributed by atoms with Crippen LogP contribution in [-0.4, -0.2) is 79.2 Å². The lowest BCUT2D eigenvalue weighted by Crippen LogP contribution is -2.53. The summed E-state index contributed by atoms with van der Waals surface area (Å²) in [4.78, 5) is 24.2. The molecule has 212 valence electrons. The molecule has 5 rings (SSSR count). The van der Waals surface area contributed by atoms with Gasteiger partial charge in [0.2, 0.25) is 0 Å². The number of likely N-dealkylation sites (tertiary alicyclic amines) is 1. The van der Waals surface area contributed by atoms with Gasteiger partial charge in [0.25, 0.3) is 5.91 Å². The Labute approximate surface area is 244 Å². The Kier molecular flexibility index (Phi) is 9.75. The summed E-state index contributed by atoms with van der Waals surface area (Å²) in [5.74, 6) is 0.901. The highest BCUT2D eigenvalue weighted by Gasteiger charge is 2.28. The van der Waals surface area contributed by atoms with Crippen LogP contribution in [0, 0.1) is 5.82 Å². The van der Waals surface area contributed by atoms with Crippen LogP contribution >= 0.6 is 23.2 Å². The fraction of sp³-hybridized carbons (Fsp3) is 0.400. The summed E-state index contributed by atoms with van der Waals surface area (Å²) in [7, 11) is 0. The molecule has 2 aromatic carbocycles. The van der Waals surface area contributed by atoms with Gasteiger partial charge in [-0.15, -0.1) is 0 Å². The van der Waals surface area contributed by atoms with Gasteiger partial charge in [-0.3, -0.25) is 14.6 Å². The van der Waals surface area contributed by atoms with Gasteiger partial charge in [0.1, 0.15) is 24.0 Å². The smallest absolute Gasteiger partial charge is 0.253 e. The molecule has 2 saturated heterocycles. The number of aromatic nitrogens is 1. The molecule has 3 aromatic rings. The molecule has 2 aliphatic heterocycles. The largest absolute Gasteiger partial charge is 0.492 e. The van der Waals surface area contributed by atoms with Crippen molar-refractivity contribution in [1.82, 2.24) is 20.1 Å². The number of pyridine rings is 1. The van der Waals surface area contributed by atoms with Crippen LogP contribution in [0.2, 0.25) is 10.0 Å². The van der Waals surface area contributed by atoms with Crippen LogP contribution in [0.3, 0.4) is 0 Å². The summed E-state index contributed by atoms with van der Waals surface area (Å²) in [6.45, 7) is 7.03. The summed E-state index contributed by atoms with van der Waals surface area (Å²) >= 11 is 12.4. The van der Waals surface area contributed by atoms with Crippen molar-refractivity contribution in [2.75, 3.05) is 57.3 Å². The Hall–Kier alpha value is -2.91. The molecule has 0 bridgehead atoms. The second-order valence-electron chi connectivity index (χ2n) is 10.2. The number of anilines is 1. The first kappa shape index (κ1) is 28.6. The van der Waals surface area contributed by atoms with Crippen molar-refractivity contribution >= 4 is 34.9 Å². The summed E-state index contributed by atoms with van der Waals surface area (Å²) in [6.07, 6.45) is 3.77. The normalized spacial score (nSPS) is 17.1. The number of hydrogen-bond donors (Lipinski definition) is 1. The predicted octanol–water partition coefficient (Wildman–Crippen LogP) is 5.12. The highest BCUT2D eigenvalue weighted by Crippen LogP contribution is 2.27. The van der Waals surface area contributed by atoms with E-state index < -0.39 is 0 Å². The molecule has 2 fully saturated rings. The standard InChI is InChI=1S/C30H34Cl2FN5O2/c31-26-7-6-22(18-28(26)33)21-36-11-8-24(9-12-36)37-13-15-38(16-14-37)29-27(32)19-23(20-35-29)30(39)34-10-17-40-25-4-2-1-3-5-25/h1-7,18-20,24H,8-17,21H2,(H,34,39). The number of rotatable bonds is 9. The van der Waals surface area contributed by atoms with E-state index in [1.165, 1.54) is 6.07 Å². The Morgan fingerprint density at radius 2 is 1.73 bits per heavy atom. The molecule has 0 spiro atoms. The third kappa shape index (κ3) is 7.43. The summed E-state index contributed by atoms with van der Waals surface area (Å²) in [5.41, 5.74) is 1.39. The van der Waals surface area contributed by atoms with Gasteiger partial charge in [0.05, 0.1) is 22.2 Å². The molecule has 3 heterocycles. The van der Waals surface area contributed by atoms with Crippen molar-refractivity contribution in [3.05, 3.63) is 87.8 Å². The zero-order valence-electron chi connectivity index (χ0n) is 22.4. The maximum Gasteiger partial charge on any atom is 0.253 e. The van der Waals surface area contributed by atoms with Gasteiger partial charge in [-0.2, -0.15) is 0 Å². The zero-order chi connectivity index (χ0) is 27.9. The molecular weight excluding hydrogens is 552 g/mol. The van der Waals surface area contributed by atoms with E-state index in [0.717, 1.165) is 75.8 Å². The SMILES string of the molecule is O=C(NCCOc1ccccc1)c1cnc(N2CCN(C3CCN(Cc4ccc(Cl)c(F)c4)CC3)CC2)c(Cl)c1. The van der Waals surface area contributed by atoms with E-state index in [4.69, 9.17) is 27.9 Å². The number of hydrogen-bond acceptors (Lipinski definition) is 6. The molecule has 0 radical (unpaired) electrons. The molecule has 0 unspecified atom stereocenters. The highest BCUT2D eigenvalue weighted by molar-refractivity contribution is 6.33. The first-order valence-electron chi connectivity index (χ1n) is 13.7. The highest BCUT2D eigenvalue weighted by atomic mass is 35.5. The van der Waals surface area contributed by atoms with Crippen molar-refractivity contribution in [1.29, 1.82) is 0 Å². The monoisotopic (exact) mass is 585 g/mol. The van der Waals surface area contributed by atoms with E-state index in [0.29, 0.717) is 29.8 Å². The maximum atomic E-state index is 13.8. The van der Waals surface area contributed by atoms with E-state index in [1.54, 1.807) is 18.3 Å². The molecule has 0 aliphatic carbocycles. The lowest BCUT2D eigenvalue weighted by atomic mass is 10.0. The minimum Gasteiger partial charge on any atom is -0.492 e. The molecule has 0 atom stereocenters. The quantitative estimate of drug-likeness (QED) is 0.352. The predicted molar refractivity (Wildman–Crippen MR) is 157 cm³/mol. The first-order chi connectivity index (χ1) is 19.5. The zero-order valence-corrected chi connectivity index (χ0v) is 23.9. The molecule has 7 nitrogen and oxygen atoms in total. The van der Waals surface area contributed by atoms with Crippen molar-refractivity contribution in [3.63, 3.8) is 0 Å². The lowest BCUT2D eigenvalue weighted by Gasteiger charge is -2.43. The summed E-state index contributed by atoms with van der Waals surface area (Å²) < 4.78 is 19.4. The van der Waals surface area contributed by atoms with Gasteiger partial charge in [0.15, 0.2) is 0 Å². The van der Waals surface area contributed by atoms with Crippen LogP contribution in [0.4, 0.5) is 10.2 Å². The summed E-state index contributed by atoms with van der Waals surface area (Å²) in [6, 6.07) is 16.8. The molecule has 1 aromatic heterocycles. The van der Waals surface area contributed by atoms with Crippen LogP contribution in [0.25, 0.3) is 0 Å². The fourth-order valence-corrected chi connectivity index (χ4v) is 5.78. The minimum absolute atomic E-state index is 0.167. The van der Waals surface area contributed by atoms with E-state index in [2.05, 4.69) is 25.0 Å². The van der Waals surface area contributed by atoms with E-state index in [-0.39, 0.29) is 16.7 Å². The van der Waals surface area contributed by atoms with Gasteiger partial charge in [-0.1, -0.05) is 47.5 Å². The van der Waals surface area contributed by atoms with E-state index in [1.807, 2.05) is 36.4 Å². The Bertz CT molecular complexity index is 1280. The number of benzene rings is 2. The van der Waals surface area contributed by atoms with Crippen molar-refractivity contribution in [2.45, 2.75) is 25.4 Å². The Morgan fingerprint density at radius 3 is 2.42 bits per heavy atom. The number of carbonyl (C=O) groups excluding carboxylic acids is 1. The van der Waals surface area contributed by atoms with Crippen molar-refractivity contribution in [3.8, 4) is 5.75 Å². The van der Waals surface area contributed by atoms with Gasteiger partial charge in [0, 0.05) is 45.0 Å². The Balaban J connectivity index is 1.05. The van der Waals surface area contributed by atoms with Crippen LogP contribution in [0.15, 0.2) is 60.8 Å². The average Bonchev–Trinajstić information content (AvgIpc) is 2.98. The van der Waals surface area contributed by atoms with Crippen molar-refractivity contribution < 1.29 is 13.9 Å². The van der Waals surface area contributed by atoms with Crippen LogP contribution in [-0.2, 0) is 6.54 Å². The van der Waals surface area contributed by atoms with Gasteiger partial charge in [-0.25, -0.2) is 9.37 Å². The van der Waals surface area contributed by atoms with Crippen LogP contribution < -0.4 is 15.0 Å². The van der Waals surface area contributed by atoms with Crippen molar-refractivity contribution in [2.24, 2.45) is 0 Å². The Morgan fingerprint density at radius 1 is 0.975 bits per heavy atom. The molecule has 2 aliphatic rings. The number of carbonyl (C=O) groups is 1. The molecular formula is C30H34Cl2FN5O2. The number of amides is 1. The first-order valence-corrected chi connectivity index (χ1v) is 14.5. The van der Waals surface area contributed by atoms with Crippen LogP contribution in [0.1, 0.15) is 28.8 Å². The lowest BCUT2D eigenvalue weighted by molar-refractivity contribution is 0.0946. The molecule has 10 heteroatoms. The topological polar surface area (TPSA) is 60.9 Å². The maximum absolute atomic E-state index is 13.8. The number of piperidine rings is 1. The number of para-hydroxylation sites is 1. The van der Waals surface area contributed by atoms with Gasteiger partial charge >= 0.3 is 0 Å². The fourth-order valence-electron chi connectivity index (χ4n) is 5.38.